The van der Waals surface area contributed by atoms with Gasteiger partial charge in [-0.3, -0.25) is 19.2 Å². The van der Waals surface area contributed by atoms with Crippen molar-refractivity contribution in [3.8, 4) is 5.75 Å². The highest BCUT2D eigenvalue weighted by molar-refractivity contribution is 6.34. The molecule has 0 saturated carbocycles. The average Bonchev–Trinajstić information content (AvgIpc) is 2.89. The number of hydrogen-bond acceptors (Lipinski definition) is 5. The lowest BCUT2D eigenvalue weighted by Gasteiger charge is -2.26. The van der Waals surface area contributed by atoms with E-state index in [0.29, 0.717) is 0 Å². The molecular weight excluding hydrogens is 605 g/mol. The van der Waals surface area contributed by atoms with E-state index in [0.717, 1.165) is 24.3 Å². The predicted octanol–water partition coefficient (Wildman–Crippen LogP) is 4.93. The van der Waals surface area contributed by atoms with Crippen LogP contribution in [-0.4, -0.2) is 48.6 Å². The normalized spacial score (nSPS) is 12.6. The molecule has 0 fully saturated rings. The number of amides is 3. The van der Waals surface area contributed by atoms with Gasteiger partial charge in [0.25, 0.3) is 17.7 Å². The maximum atomic E-state index is 14.8. The topological polar surface area (TPSA) is 114 Å². The Bertz CT molecular complexity index is 1350. The number of carbonyl (C=O) groups excluding carboxylic acids is 4. The summed E-state index contributed by atoms with van der Waals surface area (Å²) in [7, 11) is 0. The Morgan fingerprint density at radius 1 is 0.952 bits per heavy atom. The molecule has 228 valence electrons. The Morgan fingerprint density at radius 3 is 2.12 bits per heavy atom. The van der Waals surface area contributed by atoms with E-state index in [1.54, 1.807) is 13.8 Å². The summed E-state index contributed by atoms with van der Waals surface area (Å²) in [5.74, 6) is -13.8. The Hall–Kier alpha value is -3.64. The first-order chi connectivity index (χ1) is 19.5. The number of halogens is 6. The minimum atomic E-state index is -4.49. The van der Waals surface area contributed by atoms with Crippen LogP contribution in [-0.2, 0) is 19.2 Å². The third kappa shape index (κ3) is 10.0. The second-order valence-electron chi connectivity index (χ2n) is 9.91. The highest BCUT2D eigenvalue weighted by atomic mass is 35.5. The van der Waals surface area contributed by atoms with Crippen molar-refractivity contribution in [3.63, 3.8) is 0 Å². The molecule has 0 aliphatic carbocycles. The van der Waals surface area contributed by atoms with Crippen molar-refractivity contribution in [2.75, 3.05) is 13.2 Å². The third-order valence-corrected chi connectivity index (χ3v) is 5.92. The summed E-state index contributed by atoms with van der Waals surface area (Å²) >= 11 is 11.8. The number of carbonyl (C=O) groups is 4. The van der Waals surface area contributed by atoms with Crippen LogP contribution < -0.4 is 20.7 Å². The second-order valence-corrected chi connectivity index (χ2v) is 10.8. The van der Waals surface area contributed by atoms with Crippen LogP contribution in [0.25, 0.3) is 6.08 Å². The van der Waals surface area contributed by atoms with Crippen LogP contribution in [0.3, 0.4) is 0 Å². The van der Waals surface area contributed by atoms with Crippen molar-refractivity contribution < 1.29 is 41.5 Å². The van der Waals surface area contributed by atoms with Crippen LogP contribution in [0, 0.1) is 23.5 Å². The van der Waals surface area contributed by atoms with Gasteiger partial charge in [0.05, 0.1) is 6.04 Å². The van der Waals surface area contributed by atoms with Gasteiger partial charge in [0.15, 0.2) is 18.2 Å². The van der Waals surface area contributed by atoms with Gasteiger partial charge < -0.3 is 20.7 Å². The zero-order valence-corrected chi connectivity index (χ0v) is 24.5. The number of nitrogens with one attached hydrogen (secondary N) is 3. The number of hydrogen-bond donors (Lipinski definition) is 3. The fourth-order valence-electron chi connectivity index (χ4n) is 3.34. The molecule has 2 aromatic rings. The molecule has 0 aliphatic heterocycles. The lowest BCUT2D eigenvalue weighted by molar-refractivity contribution is -0.161. The van der Waals surface area contributed by atoms with Gasteiger partial charge in [0.1, 0.15) is 11.4 Å². The lowest BCUT2D eigenvalue weighted by Crippen LogP contribution is -2.57. The van der Waals surface area contributed by atoms with Crippen LogP contribution in [0.15, 0.2) is 42.1 Å². The zero-order valence-electron chi connectivity index (χ0n) is 23.0. The van der Waals surface area contributed by atoms with Crippen molar-refractivity contribution >= 4 is 52.8 Å². The van der Waals surface area contributed by atoms with Crippen LogP contribution in [0.2, 0.25) is 10.0 Å². The summed E-state index contributed by atoms with van der Waals surface area (Å²) < 4.78 is 62.1. The summed E-state index contributed by atoms with van der Waals surface area (Å²) in [5, 5.41) is 6.73. The SMILES string of the molecule is CC(C)CNC(=O)C(F)(F)C(=O)[C@@H](NC(=O)/C(=C\c1ccc(F)c(F)c1)NC(=O)COc1cc(Cl)cc(Cl)c1)C(C)C. The highest BCUT2D eigenvalue weighted by Gasteiger charge is 2.51. The molecule has 3 amide bonds. The van der Waals surface area contributed by atoms with E-state index in [1.807, 2.05) is 5.32 Å². The summed E-state index contributed by atoms with van der Waals surface area (Å²) in [4.78, 5) is 50.7. The molecule has 42 heavy (non-hydrogen) atoms. The molecule has 8 nitrogen and oxygen atoms in total. The van der Waals surface area contributed by atoms with Gasteiger partial charge in [-0.2, -0.15) is 8.78 Å². The van der Waals surface area contributed by atoms with Gasteiger partial charge in [-0.15, -0.1) is 0 Å². The maximum Gasteiger partial charge on any atom is 0.383 e. The van der Waals surface area contributed by atoms with Crippen molar-refractivity contribution in [2.45, 2.75) is 39.7 Å². The molecule has 0 saturated heterocycles. The molecule has 2 rings (SSSR count). The highest BCUT2D eigenvalue weighted by Crippen LogP contribution is 2.24. The van der Waals surface area contributed by atoms with Gasteiger partial charge >= 0.3 is 5.92 Å². The molecule has 0 aromatic heterocycles. The van der Waals surface area contributed by atoms with E-state index >= 15 is 0 Å². The van der Waals surface area contributed by atoms with Crippen LogP contribution in [0.4, 0.5) is 17.6 Å². The average molecular weight is 634 g/mol. The van der Waals surface area contributed by atoms with E-state index < -0.39 is 65.3 Å². The lowest BCUT2D eigenvalue weighted by atomic mass is 9.95. The molecular formula is C28H29Cl2F4N3O5. The quantitative estimate of drug-likeness (QED) is 0.165. The fraction of sp³-hybridized carbons (Fsp3) is 0.357. The first-order valence-corrected chi connectivity index (χ1v) is 13.3. The standard InChI is InChI=1S/C28H29Cl2F4N3O5/c1-14(2)12-35-27(41)28(33,34)25(39)24(15(3)4)37-26(40)22(8-16-5-6-20(31)21(32)7-16)36-23(38)13-42-19-10-17(29)9-18(30)11-19/h5-11,14-15,24H,12-13H2,1-4H3,(H,35,41)(H,36,38)(H,37,40)/b22-8+/t24-/m0/s1. The molecule has 0 bridgehead atoms. The number of ketones is 1. The van der Waals surface area contributed by atoms with E-state index in [4.69, 9.17) is 27.9 Å². The molecule has 1 atom stereocenters. The Balaban J connectivity index is 2.32. The smallest absolute Gasteiger partial charge is 0.383 e. The number of ether oxygens (including phenoxy) is 1. The van der Waals surface area contributed by atoms with Gasteiger partial charge in [-0.25, -0.2) is 8.78 Å². The first kappa shape index (κ1) is 34.6. The van der Waals surface area contributed by atoms with Crippen molar-refractivity contribution in [1.82, 2.24) is 16.0 Å². The van der Waals surface area contributed by atoms with Gasteiger partial charge in [-0.05, 0) is 53.8 Å². The van der Waals surface area contributed by atoms with Crippen LogP contribution in [0.5, 0.6) is 5.75 Å². The molecule has 2 aromatic carbocycles. The number of rotatable bonds is 13. The zero-order chi connectivity index (χ0) is 31.8. The van der Waals surface area contributed by atoms with E-state index in [9.17, 15) is 36.7 Å². The molecule has 0 radical (unpaired) electrons. The Kier molecular flexibility index (Phi) is 12.4. The minimum absolute atomic E-state index is 0.0901. The monoisotopic (exact) mass is 633 g/mol. The molecule has 0 unspecified atom stereocenters. The van der Waals surface area contributed by atoms with Crippen molar-refractivity contribution in [3.05, 3.63) is 69.3 Å². The minimum Gasteiger partial charge on any atom is -0.484 e. The maximum absolute atomic E-state index is 14.8. The summed E-state index contributed by atoms with van der Waals surface area (Å²) in [6.45, 7) is 5.25. The number of alkyl halides is 2. The second kappa shape index (κ2) is 15.0. The third-order valence-electron chi connectivity index (χ3n) is 5.48. The van der Waals surface area contributed by atoms with Crippen molar-refractivity contribution in [2.24, 2.45) is 11.8 Å². The number of benzene rings is 2. The molecule has 14 heteroatoms. The fourth-order valence-corrected chi connectivity index (χ4v) is 3.85. The van der Waals surface area contributed by atoms with Crippen LogP contribution in [0.1, 0.15) is 33.3 Å². The Labute approximate surface area is 249 Å². The first-order valence-electron chi connectivity index (χ1n) is 12.6. The molecule has 3 N–H and O–H groups in total. The molecule has 0 spiro atoms. The van der Waals surface area contributed by atoms with Gasteiger partial charge in [0.2, 0.25) is 5.78 Å². The van der Waals surface area contributed by atoms with E-state index in [2.05, 4.69) is 10.6 Å². The molecule has 0 aliphatic rings. The van der Waals surface area contributed by atoms with Crippen LogP contribution >= 0.6 is 23.2 Å². The predicted molar refractivity (Wildman–Crippen MR) is 149 cm³/mol. The summed E-state index contributed by atoms with van der Waals surface area (Å²) in [5.41, 5.74) is -0.711. The summed E-state index contributed by atoms with van der Waals surface area (Å²) in [6, 6.07) is 4.84. The number of Topliss-reactive ketones (excluding diaryl/α,β-unsaturated/α-hetero) is 1. The van der Waals surface area contributed by atoms with Gasteiger partial charge in [0, 0.05) is 16.6 Å². The van der Waals surface area contributed by atoms with E-state index in [-0.39, 0.29) is 33.8 Å². The van der Waals surface area contributed by atoms with E-state index in [1.165, 1.54) is 32.0 Å². The van der Waals surface area contributed by atoms with Crippen molar-refractivity contribution in [1.29, 1.82) is 0 Å². The largest absolute Gasteiger partial charge is 0.484 e. The Morgan fingerprint density at radius 2 is 1.57 bits per heavy atom. The van der Waals surface area contributed by atoms with Gasteiger partial charge in [-0.1, -0.05) is 57.0 Å². The molecule has 0 heterocycles. The summed E-state index contributed by atoms with van der Waals surface area (Å²) in [6.07, 6.45) is 0.932.